The van der Waals surface area contributed by atoms with Crippen molar-refractivity contribution in [3.05, 3.63) is 34.6 Å². The summed E-state index contributed by atoms with van der Waals surface area (Å²) in [6.45, 7) is 1.92. The minimum atomic E-state index is -1.87. The molecule has 0 spiro atoms. The number of nitrogens with one attached hydrogen (secondary N) is 1. The van der Waals surface area contributed by atoms with E-state index in [0.717, 1.165) is 18.4 Å². The summed E-state index contributed by atoms with van der Waals surface area (Å²) < 4.78 is 33.2. The molecule has 0 aliphatic carbocycles. The van der Waals surface area contributed by atoms with Crippen LogP contribution in [0.25, 0.3) is 11.2 Å². The van der Waals surface area contributed by atoms with Gasteiger partial charge < -0.3 is 19.9 Å². The zero-order valence-electron chi connectivity index (χ0n) is 17.1. The second-order valence-corrected chi connectivity index (χ2v) is 7.14. The normalized spacial score (nSPS) is 22.8. The number of anilines is 1. The third kappa shape index (κ3) is 3.91. The molecule has 3 aromatic rings. The minimum absolute atomic E-state index is 0.0597. The molecule has 0 saturated carbocycles. The molecule has 0 bridgehead atoms. The van der Waals surface area contributed by atoms with Crippen molar-refractivity contribution in [3.8, 4) is 0 Å². The largest absolute Gasteiger partial charge is 0.463 e. The first kappa shape index (κ1) is 21.4. The Kier molecular flexibility index (Phi) is 5.61. The van der Waals surface area contributed by atoms with E-state index < -0.39 is 48.8 Å². The van der Waals surface area contributed by atoms with Crippen LogP contribution in [0.4, 0.5) is 10.3 Å². The summed E-state index contributed by atoms with van der Waals surface area (Å²) in [5.74, 6) is -1.54. The van der Waals surface area contributed by atoms with E-state index in [1.54, 1.807) is 6.07 Å². The van der Waals surface area contributed by atoms with Gasteiger partial charge in [0, 0.05) is 20.0 Å². The Hall–Kier alpha value is -3.81. The highest BCUT2D eigenvalue weighted by atomic mass is 19.1. The van der Waals surface area contributed by atoms with Crippen LogP contribution in [0.3, 0.4) is 0 Å². The van der Waals surface area contributed by atoms with Crippen molar-refractivity contribution >= 4 is 29.1 Å². The fourth-order valence-corrected chi connectivity index (χ4v) is 3.55. The molecule has 1 aliphatic heterocycles. The Morgan fingerprint density at radius 2 is 2.12 bits per heavy atom. The number of carbonyl (C=O) groups is 2. The summed E-state index contributed by atoms with van der Waals surface area (Å²) >= 11 is 0. The molecule has 1 fully saturated rings. The maximum Gasteiger partial charge on any atom is 0.333 e. The number of hydrogen-bond donors (Lipinski definition) is 2. The zero-order valence-corrected chi connectivity index (χ0v) is 17.1. The van der Waals surface area contributed by atoms with E-state index in [1.165, 1.54) is 17.0 Å². The molecule has 14 heteroatoms. The fourth-order valence-electron chi connectivity index (χ4n) is 3.55. The van der Waals surface area contributed by atoms with Gasteiger partial charge in [-0.1, -0.05) is 0 Å². The van der Waals surface area contributed by atoms with Gasteiger partial charge in [0.05, 0.1) is 18.4 Å². The van der Waals surface area contributed by atoms with E-state index in [0.29, 0.717) is 11.2 Å². The van der Waals surface area contributed by atoms with Crippen molar-refractivity contribution in [1.29, 1.82) is 0 Å². The highest BCUT2D eigenvalue weighted by molar-refractivity contribution is 5.72. The number of hydrogen-bond acceptors (Lipinski definition) is 10. The second kappa shape index (κ2) is 8.37. The van der Waals surface area contributed by atoms with E-state index in [4.69, 9.17) is 19.9 Å². The lowest BCUT2D eigenvalue weighted by atomic mass is 10.1. The Morgan fingerprint density at radius 1 is 1.34 bits per heavy atom. The van der Waals surface area contributed by atoms with Crippen LogP contribution in [0, 0.1) is 0 Å². The number of H-pyrrole nitrogens is 1. The number of nitrogens with two attached hydrogens (primary N) is 1. The number of aromatic nitrogens is 6. The molecule has 1 aliphatic rings. The molecular weight excluding hydrogens is 429 g/mol. The van der Waals surface area contributed by atoms with Crippen LogP contribution in [0.1, 0.15) is 25.8 Å². The number of imidazole rings is 1. The highest BCUT2D eigenvalue weighted by Crippen LogP contribution is 2.35. The third-order valence-electron chi connectivity index (χ3n) is 4.88. The van der Waals surface area contributed by atoms with Gasteiger partial charge in [-0.25, -0.2) is 18.7 Å². The highest BCUT2D eigenvalue weighted by Gasteiger charge is 2.50. The lowest BCUT2D eigenvalue weighted by Gasteiger charge is -2.19. The van der Waals surface area contributed by atoms with Crippen LogP contribution < -0.4 is 11.4 Å². The topological polar surface area (TPSA) is 169 Å². The Bertz CT molecular complexity index is 1210. The van der Waals surface area contributed by atoms with Gasteiger partial charge in [-0.15, -0.1) is 0 Å². The summed E-state index contributed by atoms with van der Waals surface area (Å²) in [7, 11) is 0. The number of carbonyl (C=O) groups excluding carboxylic acids is 2. The summed E-state index contributed by atoms with van der Waals surface area (Å²) in [6, 6.07) is 1.67. The predicted octanol–water partition coefficient (Wildman–Crippen LogP) is -0.323. The first-order valence-electron chi connectivity index (χ1n) is 9.58. The van der Waals surface area contributed by atoms with Gasteiger partial charge in [-0.2, -0.15) is 10.1 Å². The molecule has 0 unspecified atom stereocenters. The van der Waals surface area contributed by atoms with Gasteiger partial charge in [-0.05, 0) is 6.07 Å². The van der Waals surface area contributed by atoms with E-state index in [2.05, 4.69) is 20.2 Å². The van der Waals surface area contributed by atoms with Crippen molar-refractivity contribution in [2.45, 2.75) is 45.0 Å². The summed E-state index contributed by atoms with van der Waals surface area (Å²) in [5, 5.41) is 6.60. The van der Waals surface area contributed by atoms with Gasteiger partial charge in [0.2, 0.25) is 5.95 Å². The van der Waals surface area contributed by atoms with Gasteiger partial charge in [-0.3, -0.25) is 19.3 Å². The number of rotatable bonds is 6. The molecular formula is C18H20FN7O6. The molecule has 4 atom stereocenters. The second-order valence-electron chi connectivity index (χ2n) is 7.14. The lowest BCUT2D eigenvalue weighted by molar-refractivity contribution is -0.154. The van der Waals surface area contributed by atoms with Gasteiger partial charge in [0.15, 0.2) is 24.2 Å². The first-order chi connectivity index (χ1) is 15.3. The molecule has 3 N–H and O–H groups in total. The summed E-state index contributed by atoms with van der Waals surface area (Å²) in [5.41, 5.74) is 6.06. The number of nitrogen functional groups attached to an aromatic ring is 1. The number of aromatic amines is 1. The maximum absolute atomic E-state index is 15.1. The Labute approximate surface area is 179 Å². The molecule has 4 rings (SSSR count). The smallest absolute Gasteiger partial charge is 0.333 e. The first-order valence-corrected chi connectivity index (χ1v) is 9.58. The van der Waals surface area contributed by atoms with E-state index in [1.807, 2.05) is 0 Å². The number of alkyl halides is 1. The van der Waals surface area contributed by atoms with Crippen LogP contribution in [0.15, 0.2) is 23.3 Å². The quantitative estimate of drug-likeness (QED) is 0.475. The molecule has 0 aromatic carbocycles. The molecule has 170 valence electrons. The Balaban J connectivity index is 1.81. The molecule has 0 amide bonds. The SMILES string of the molecule is CC(=O)OC[C@H]1O[C@@H](n2c(=O)n(Cc3ccn[nH]3)c3cnc(N)nc32)[C@H](OC(C)=O)[C@@H]1F. The van der Waals surface area contributed by atoms with Gasteiger partial charge in [0.25, 0.3) is 0 Å². The van der Waals surface area contributed by atoms with Crippen molar-refractivity contribution in [3.63, 3.8) is 0 Å². The lowest BCUT2D eigenvalue weighted by Crippen LogP contribution is -2.37. The zero-order chi connectivity index (χ0) is 23.0. The van der Waals surface area contributed by atoms with Crippen molar-refractivity contribution in [2.75, 3.05) is 12.3 Å². The third-order valence-corrected chi connectivity index (χ3v) is 4.88. The molecule has 32 heavy (non-hydrogen) atoms. The van der Waals surface area contributed by atoms with E-state index >= 15 is 4.39 Å². The van der Waals surface area contributed by atoms with Crippen LogP contribution in [0.5, 0.6) is 0 Å². The molecule has 4 heterocycles. The summed E-state index contributed by atoms with van der Waals surface area (Å²) in [6.07, 6.45) is -3.15. The molecule has 3 aromatic heterocycles. The minimum Gasteiger partial charge on any atom is -0.463 e. The number of fused-ring (bicyclic) bond motifs is 1. The van der Waals surface area contributed by atoms with Crippen molar-refractivity contribution < 1.29 is 28.2 Å². The standard InChI is InChI=1S/C18H20FN7O6/c1-8(27)30-7-12-13(19)14(31-9(2)28)16(32-12)26-15-11(5-21-17(20)23-15)25(18(26)29)6-10-3-4-22-24-10/h3-5,12-14,16H,6-7H2,1-2H3,(H,22,24)(H2,20,21,23)/t12-,13-,14-,16-/m1/s1. The van der Waals surface area contributed by atoms with Crippen LogP contribution in [-0.2, 0) is 30.3 Å². The van der Waals surface area contributed by atoms with Crippen molar-refractivity contribution in [1.82, 2.24) is 29.3 Å². The van der Waals surface area contributed by atoms with Crippen LogP contribution >= 0.6 is 0 Å². The van der Waals surface area contributed by atoms with Crippen molar-refractivity contribution in [2.24, 2.45) is 0 Å². The Morgan fingerprint density at radius 3 is 2.78 bits per heavy atom. The monoisotopic (exact) mass is 449 g/mol. The van der Waals surface area contributed by atoms with Crippen LogP contribution in [0.2, 0.25) is 0 Å². The average molecular weight is 449 g/mol. The van der Waals surface area contributed by atoms with Gasteiger partial charge in [0.1, 0.15) is 18.2 Å². The average Bonchev–Trinajstić information content (AvgIpc) is 3.40. The molecule has 0 radical (unpaired) electrons. The number of ether oxygens (including phenoxy) is 3. The number of nitrogens with zero attached hydrogens (tertiary/aromatic N) is 5. The fraction of sp³-hybridized carbons (Fsp3) is 0.444. The molecule has 1 saturated heterocycles. The summed E-state index contributed by atoms with van der Waals surface area (Å²) in [4.78, 5) is 44.2. The van der Waals surface area contributed by atoms with E-state index in [9.17, 15) is 14.4 Å². The predicted molar refractivity (Wildman–Crippen MR) is 105 cm³/mol. The maximum atomic E-state index is 15.1. The van der Waals surface area contributed by atoms with Gasteiger partial charge >= 0.3 is 17.6 Å². The van der Waals surface area contributed by atoms with E-state index in [-0.39, 0.29) is 18.1 Å². The number of esters is 2. The van der Waals surface area contributed by atoms with Crippen LogP contribution in [-0.4, -0.2) is 66.2 Å². The molecule has 13 nitrogen and oxygen atoms in total. The number of halogens is 1.